The highest BCUT2D eigenvalue weighted by Crippen LogP contribution is 2.30. The smallest absolute Gasteiger partial charge is 0.132 e. The van der Waals surface area contributed by atoms with Gasteiger partial charge in [-0.2, -0.15) is 0 Å². The molecule has 0 aliphatic rings. The van der Waals surface area contributed by atoms with Crippen molar-refractivity contribution >= 4 is 0 Å². The van der Waals surface area contributed by atoms with Gasteiger partial charge in [0.25, 0.3) is 0 Å². The predicted octanol–water partition coefficient (Wildman–Crippen LogP) is 0.962. The highest BCUT2D eigenvalue weighted by molar-refractivity contribution is 5.46. The third-order valence-corrected chi connectivity index (χ3v) is 2.07. The van der Waals surface area contributed by atoms with Crippen molar-refractivity contribution in [2.75, 3.05) is 14.2 Å². The van der Waals surface area contributed by atoms with E-state index in [2.05, 4.69) is 0 Å². The minimum Gasteiger partial charge on any atom is -0.496 e. The van der Waals surface area contributed by atoms with Gasteiger partial charge in [-0.15, -0.1) is 0 Å². The van der Waals surface area contributed by atoms with Crippen molar-refractivity contribution in [2.24, 2.45) is 5.73 Å². The summed E-state index contributed by atoms with van der Waals surface area (Å²) in [6.07, 6.45) is -1.06. The van der Waals surface area contributed by atoms with Crippen molar-refractivity contribution in [2.45, 2.75) is 13.2 Å². The maximum Gasteiger partial charge on any atom is 0.132 e. The minimum absolute atomic E-state index is 0.523. The average molecular weight is 197 g/mol. The van der Waals surface area contributed by atoms with Gasteiger partial charge in [0, 0.05) is 5.56 Å². The number of benzene rings is 1. The highest BCUT2D eigenvalue weighted by atomic mass is 16.5. The SMILES string of the molecule is COc1cc(C(N)O)c(OC)cc1C. The van der Waals surface area contributed by atoms with Crippen molar-refractivity contribution in [3.05, 3.63) is 23.3 Å². The lowest BCUT2D eigenvalue weighted by Crippen LogP contribution is -2.10. The fourth-order valence-electron chi connectivity index (χ4n) is 1.31. The maximum absolute atomic E-state index is 9.29. The Balaban J connectivity index is 3.25. The van der Waals surface area contributed by atoms with E-state index in [0.29, 0.717) is 17.1 Å². The summed E-state index contributed by atoms with van der Waals surface area (Å²) >= 11 is 0. The first-order chi connectivity index (χ1) is 6.60. The third kappa shape index (κ3) is 1.97. The molecule has 0 saturated heterocycles. The Morgan fingerprint density at radius 2 is 1.79 bits per heavy atom. The second-order valence-electron chi connectivity index (χ2n) is 3.01. The van der Waals surface area contributed by atoms with E-state index in [1.165, 1.54) is 7.11 Å². The van der Waals surface area contributed by atoms with E-state index in [4.69, 9.17) is 15.2 Å². The van der Waals surface area contributed by atoms with Crippen molar-refractivity contribution in [3.63, 3.8) is 0 Å². The Morgan fingerprint density at radius 3 is 2.21 bits per heavy atom. The molecule has 0 spiro atoms. The van der Waals surface area contributed by atoms with Crippen LogP contribution in [0.5, 0.6) is 11.5 Å². The zero-order valence-electron chi connectivity index (χ0n) is 8.57. The summed E-state index contributed by atoms with van der Waals surface area (Å²) in [4.78, 5) is 0. The van der Waals surface area contributed by atoms with Crippen LogP contribution in [0.4, 0.5) is 0 Å². The first kappa shape index (κ1) is 10.8. The van der Waals surface area contributed by atoms with Crippen LogP contribution in [0.15, 0.2) is 12.1 Å². The van der Waals surface area contributed by atoms with Crippen LogP contribution in [-0.4, -0.2) is 19.3 Å². The zero-order chi connectivity index (χ0) is 10.7. The fourth-order valence-corrected chi connectivity index (χ4v) is 1.31. The van der Waals surface area contributed by atoms with Crippen molar-refractivity contribution in [1.82, 2.24) is 0 Å². The molecule has 1 aromatic rings. The van der Waals surface area contributed by atoms with Crippen LogP contribution in [0.3, 0.4) is 0 Å². The van der Waals surface area contributed by atoms with Crippen LogP contribution in [-0.2, 0) is 0 Å². The lowest BCUT2D eigenvalue weighted by molar-refractivity contribution is 0.181. The largest absolute Gasteiger partial charge is 0.496 e. The molecule has 1 rings (SSSR count). The van der Waals surface area contributed by atoms with Gasteiger partial charge in [-0.05, 0) is 24.6 Å². The number of aliphatic hydroxyl groups excluding tert-OH is 1. The number of hydrogen-bond donors (Lipinski definition) is 2. The van der Waals surface area contributed by atoms with E-state index in [1.807, 2.05) is 6.92 Å². The lowest BCUT2D eigenvalue weighted by Gasteiger charge is -2.14. The van der Waals surface area contributed by atoms with Gasteiger partial charge < -0.3 is 20.3 Å². The predicted molar refractivity (Wildman–Crippen MR) is 53.4 cm³/mol. The Labute approximate surface area is 83.3 Å². The standard InChI is InChI=1S/C10H15NO3/c1-6-4-9(14-3)7(10(11)12)5-8(6)13-2/h4-5,10,12H,11H2,1-3H3. The molecule has 0 radical (unpaired) electrons. The van der Waals surface area contributed by atoms with Crippen molar-refractivity contribution in [3.8, 4) is 11.5 Å². The number of rotatable bonds is 3. The zero-order valence-corrected chi connectivity index (χ0v) is 8.57. The highest BCUT2D eigenvalue weighted by Gasteiger charge is 2.12. The van der Waals surface area contributed by atoms with Gasteiger partial charge in [0.1, 0.15) is 17.7 Å². The van der Waals surface area contributed by atoms with Crippen LogP contribution in [0.2, 0.25) is 0 Å². The number of aliphatic hydroxyl groups is 1. The van der Waals surface area contributed by atoms with E-state index >= 15 is 0 Å². The van der Waals surface area contributed by atoms with Crippen molar-refractivity contribution < 1.29 is 14.6 Å². The van der Waals surface area contributed by atoms with E-state index < -0.39 is 6.23 Å². The first-order valence-corrected chi connectivity index (χ1v) is 4.26. The van der Waals surface area contributed by atoms with E-state index in [9.17, 15) is 5.11 Å². The van der Waals surface area contributed by atoms with E-state index in [0.717, 1.165) is 5.56 Å². The monoisotopic (exact) mass is 197 g/mol. The first-order valence-electron chi connectivity index (χ1n) is 4.26. The van der Waals surface area contributed by atoms with Gasteiger partial charge in [0.05, 0.1) is 14.2 Å². The molecule has 0 bridgehead atoms. The number of nitrogens with two attached hydrogens (primary N) is 1. The molecule has 0 amide bonds. The second-order valence-corrected chi connectivity index (χ2v) is 3.01. The Kier molecular flexibility index (Phi) is 3.33. The van der Waals surface area contributed by atoms with Crippen LogP contribution >= 0.6 is 0 Å². The topological polar surface area (TPSA) is 64.7 Å². The number of methoxy groups -OCH3 is 2. The summed E-state index contributed by atoms with van der Waals surface area (Å²) in [5, 5.41) is 9.29. The fraction of sp³-hybridized carbons (Fsp3) is 0.400. The number of hydrogen-bond acceptors (Lipinski definition) is 4. The van der Waals surface area contributed by atoms with Crippen LogP contribution in [0, 0.1) is 6.92 Å². The summed E-state index contributed by atoms with van der Waals surface area (Å²) in [7, 11) is 3.11. The molecular weight excluding hydrogens is 182 g/mol. The van der Waals surface area contributed by atoms with Gasteiger partial charge in [0.2, 0.25) is 0 Å². The summed E-state index contributed by atoms with van der Waals surface area (Å²) in [6, 6.07) is 3.46. The number of ether oxygens (including phenoxy) is 2. The van der Waals surface area contributed by atoms with E-state index in [-0.39, 0.29) is 0 Å². The summed E-state index contributed by atoms with van der Waals surface area (Å²) in [5.41, 5.74) is 6.85. The maximum atomic E-state index is 9.29. The van der Waals surface area contributed by atoms with Gasteiger partial charge in [-0.25, -0.2) is 0 Å². The summed E-state index contributed by atoms with van der Waals surface area (Å²) < 4.78 is 10.2. The molecule has 0 heterocycles. The number of aryl methyl sites for hydroxylation is 1. The molecule has 0 saturated carbocycles. The molecule has 78 valence electrons. The lowest BCUT2D eigenvalue weighted by atomic mass is 10.1. The third-order valence-electron chi connectivity index (χ3n) is 2.07. The second kappa shape index (κ2) is 4.30. The molecule has 14 heavy (non-hydrogen) atoms. The molecule has 4 nitrogen and oxygen atoms in total. The minimum atomic E-state index is -1.06. The molecule has 0 aliphatic heterocycles. The molecule has 4 heteroatoms. The van der Waals surface area contributed by atoms with E-state index in [1.54, 1.807) is 19.2 Å². The Bertz CT molecular complexity index is 323. The molecule has 3 N–H and O–H groups in total. The molecule has 0 aromatic heterocycles. The normalized spacial score (nSPS) is 12.4. The van der Waals surface area contributed by atoms with Gasteiger partial charge >= 0.3 is 0 Å². The molecule has 1 aromatic carbocycles. The quantitative estimate of drug-likeness (QED) is 0.708. The Morgan fingerprint density at radius 1 is 1.21 bits per heavy atom. The molecule has 0 fully saturated rings. The molecular formula is C10H15NO3. The van der Waals surface area contributed by atoms with Crippen LogP contribution < -0.4 is 15.2 Å². The molecule has 1 unspecified atom stereocenters. The average Bonchev–Trinajstić information content (AvgIpc) is 2.16. The van der Waals surface area contributed by atoms with Crippen molar-refractivity contribution in [1.29, 1.82) is 0 Å². The van der Waals surface area contributed by atoms with Gasteiger partial charge in [0.15, 0.2) is 0 Å². The summed E-state index contributed by atoms with van der Waals surface area (Å²) in [5.74, 6) is 1.25. The van der Waals surface area contributed by atoms with Crippen LogP contribution in [0.25, 0.3) is 0 Å². The molecule has 0 aliphatic carbocycles. The van der Waals surface area contributed by atoms with Gasteiger partial charge in [-0.1, -0.05) is 0 Å². The van der Waals surface area contributed by atoms with Gasteiger partial charge in [-0.3, -0.25) is 0 Å². The molecule has 1 atom stereocenters. The summed E-state index contributed by atoms with van der Waals surface area (Å²) in [6.45, 7) is 1.90. The van der Waals surface area contributed by atoms with Crippen LogP contribution in [0.1, 0.15) is 17.4 Å². The Hall–Kier alpha value is -1.26.